The van der Waals surface area contributed by atoms with E-state index in [1.54, 1.807) is 29.5 Å². The van der Waals surface area contributed by atoms with E-state index >= 15 is 0 Å². The van der Waals surface area contributed by atoms with Gasteiger partial charge in [0.05, 0.1) is 0 Å². The predicted molar refractivity (Wildman–Crippen MR) is 94.9 cm³/mol. The molecule has 0 radical (unpaired) electrons. The number of nitrogens with one attached hydrogen (secondary N) is 1. The van der Waals surface area contributed by atoms with Crippen LogP contribution in [0.15, 0.2) is 27.9 Å². The molecule has 3 N–H and O–H groups in total. The number of rotatable bonds is 4. The van der Waals surface area contributed by atoms with Crippen LogP contribution in [0.3, 0.4) is 0 Å². The minimum atomic E-state index is -0.135. The summed E-state index contributed by atoms with van der Waals surface area (Å²) < 4.78 is 1.15. The van der Waals surface area contributed by atoms with E-state index in [2.05, 4.69) is 20.7 Å². The van der Waals surface area contributed by atoms with Crippen molar-refractivity contribution in [3.63, 3.8) is 0 Å². The summed E-state index contributed by atoms with van der Waals surface area (Å²) in [6, 6.07) is 5.35. The molecule has 0 atom stereocenters. The van der Waals surface area contributed by atoms with Gasteiger partial charge in [0.1, 0.15) is 15.9 Å². The maximum atomic E-state index is 12.2. The maximum absolute atomic E-state index is 12.2. The highest BCUT2D eigenvalue weighted by Crippen LogP contribution is 2.35. The number of aryl methyl sites for hydroxylation is 1. The lowest BCUT2D eigenvalue weighted by Gasteiger charge is -2.28. The van der Waals surface area contributed by atoms with Crippen LogP contribution < -0.4 is 11.1 Å². The highest BCUT2D eigenvalue weighted by Gasteiger charge is 2.24. The molecule has 5 nitrogen and oxygen atoms in total. The Morgan fingerprint density at radius 2 is 2.09 bits per heavy atom. The van der Waals surface area contributed by atoms with Gasteiger partial charge in [0.25, 0.3) is 5.91 Å². The lowest BCUT2D eigenvalue weighted by Crippen LogP contribution is -2.38. The Bertz CT molecular complexity index is 680. The molecule has 0 bridgehead atoms. The van der Waals surface area contributed by atoms with Crippen molar-refractivity contribution in [2.24, 2.45) is 0 Å². The normalized spacial score (nSPS) is 21.1. The van der Waals surface area contributed by atoms with Crippen molar-refractivity contribution < 1.29 is 4.79 Å². The summed E-state index contributed by atoms with van der Waals surface area (Å²) in [5.74, 6) is 0.237. The van der Waals surface area contributed by atoms with Crippen LogP contribution in [-0.2, 0) is 0 Å². The lowest BCUT2D eigenvalue weighted by molar-refractivity contribution is 0.0923. The van der Waals surface area contributed by atoms with E-state index in [1.807, 2.05) is 18.7 Å². The SMILES string of the molecule is Cc1csc(SC2CCC(NC(=O)c3cccc(N)n3)CC2)n1. The number of carbonyl (C=O) groups is 1. The summed E-state index contributed by atoms with van der Waals surface area (Å²) >= 11 is 3.59. The van der Waals surface area contributed by atoms with Crippen LogP contribution in [0, 0.1) is 6.92 Å². The molecule has 2 heterocycles. The second-order valence-corrected chi connectivity index (χ2v) is 8.17. The molecule has 122 valence electrons. The molecule has 2 aromatic rings. The van der Waals surface area contributed by atoms with E-state index in [0.717, 1.165) is 35.7 Å². The Morgan fingerprint density at radius 3 is 2.74 bits per heavy atom. The third-order valence-electron chi connectivity index (χ3n) is 3.88. The lowest BCUT2D eigenvalue weighted by atomic mass is 9.95. The molecule has 2 aromatic heterocycles. The van der Waals surface area contributed by atoms with Crippen molar-refractivity contribution in [3.8, 4) is 0 Å². The number of thiazole rings is 1. The Labute approximate surface area is 144 Å². The molecule has 3 rings (SSSR count). The largest absolute Gasteiger partial charge is 0.384 e. The van der Waals surface area contributed by atoms with Gasteiger partial charge in [0, 0.05) is 22.4 Å². The topological polar surface area (TPSA) is 80.9 Å². The third kappa shape index (κ3) is 4.45. The van der Waals surface area contributed by atoms with Crippen molar-refractivity contribution in [2.75, 3.05) is 5.73 Å². The number of amides is 1. The van der Waals surface area contributed by atoms with Crippen molar-refractivity contribution >= 4 is 34.8 Å². The van der Waals surface area contributed by atoms with Crippen LogP contribution in [0.1, 0.15) is 41.9 Å². The number of thioether (sulfide) groups is 1. The highest BCUT2D eigenvalue weighted by atomic mass is 32.2. The molecule has 7 heteroatoms. The van der Waals surface area contributed by atoms with Crippen molar-refractivity contribution in [1.82, 2.24) is 15.3 Å². The Kier molecular flexibility index (Phi) is 5.17. The zero-order chi connectivity index (χ0) is 16.2. The molecule has 0 aromatic carbocycles. The molecule has 1 aliphatic carbocycles. The number of nitrogens with two attached hydrogens (primary N) is 1. The van der Waals surface area contributed by atoms with Crippen LogP contribution in [-0.4, -0.2) is 27.2 Å². The fourth-order valence-electron chi connectivity index (χ4n) is 2.69. The van der Waals surface area contributed by atoms with Crippen molar-refractivity contribution in [3.05, 3.63) is 35.0 Å². The van der Waals surface area contributed by atoms with Crippen LogP contribution in [0.2, 0.25) is 0 Å². The Balaban J connectivity index is 1.48. The third-order valence-corrected chi connectivity index (χ3v) is 6.31. The van der Waals surface area contributed by atoms with E-state index < -0.39 is 0 Å². The number of carbonyl (C=O) groups excluding carboxylic acids is 1. The van der Waals surface area contributed by atoms with Gasteiger partial charge in [-0.1, -0.05) is 17.8 Å². The van der Waals surface area contributed by atoms with E-state index in [9.17, 15) is 4.79 Å². The van der Waals surface area contributed by atoms with Crippen LogP contribution in [0.4, 0.5) is 5.82 Å². The summed E-state index contributed by atoms with van der Waals surface area (Å²) in [7, 11) is 0. The molecule has 1 amide bonds. The van der Waals surface area contributed by atoms with Gasteiger partial charge in [-0.2, -0.15) is 0 Å². The minimum absolute atomic E-state index is 0.135. The smallest absolute Gasteiger partial charge is 0.270 e. The van der Waals surface area contributed by atoms with Gasteiger partial charge in [-0.05, 0) is 44.7 Å². The Hall–Kier alpha value is -1.60. The van der Waals surface area contributed by atoms with Gasteiger partial charge in [0.15, 0.2) is 0 Å². The summed E-state index contributed by atoms with van der Waals surface area (Å²) in [4.78, 5) is 20.8. The van der Waals surface area contributed by atoms with Gasteiger partial charge >= 0.3 is 0 Å². The highest BCUT2D eigenvalue weighted by molar-refractivity contribution is 8.01. The molecular weight excluding hydrogens is 328 g/mol. The van der Waals surface area contributed by atoms with Crippen LogP contribution in [0.5, 0.6) is 0 Å². The molecule has 1 saturated carbocycles. The fourth-order valence-corrected chi connectivity index (χ4v) is 4.98. The second-order valence-electron chi connectivity index (χ2n) is 5.77. The number of hydrogen-bond acceptors (Lipinski definition) is 6. The van der Waals surface area contributed by atoms with Gasteiger partial charge in [-0.25, -0.2) is 9.97 Å². The first-order valence-corrected chi connectivity index (χ1v) is 9.48. The molecule has 0 saturated heterocycles. The standard InChI is InChI=1S/C16H20N4OS2/c1-10-9-22-16(18-10)23-12-7-5-11(6-8-12)19-15(21)13-3-2-4-14(17)20-13/h2-4,9,11-12H,5-8H2,1H3,(H2,17,20)(H,19,21). The number of aromatic nitrogens is 2. The molecular formula is C16H20N4OS2. The van der Waals surface area contributed by atoms with Crippen LogP contribution in [0.25, 0.3) is 0 Å². The van der Waals surface area contributed by atoms with Crippen molar-refractivity contribution in [2.45, 2.75) is 48.2 Å². The summed E-state index contributed by atoms with van der Waals surface area (Å²) in [5, 5.41) is 5.76. The van der Waals surface area contributed by atoms with Gasteiger partial charge < -0.3 is 11.1 Å². The minimum Gasteiger partial charge on any atom is -0.384 e. The molecule has 1 fully saturated rings. The second kappa shape index (κ2) is 7.31. The average Bonchev–Trinajstić information content (AvgIpc) is 2.94. The summed E-state index contributed by atoms with van der Waals surface area (Å²) in [6.07, 6.45) is 4.18. The maximum Gasteiger partial charge on any atom is 0.270 e. The number of hydrogen-bond donors (Lipinski definition) is 2. The van der Waals surface area contributed by atoms with Crippen LogP contribution >= 0.6 is 23.1 Å². The average molecular weight is 348 g/mol. The van der Waals surface area contributed by atoms with Crippen molar-refractivity contribution in [1.29, 1.82) is 0 Å². The van der Waals surface area contributed by atoms with E-state index in [4.69, 9.17) is 5.73 Å². The van der Waals surface area contributed by atoms with E-state index in [0.29, 0.717) is 16.8 Å². The monoisotopic (exact) mass is 348 g/mol. The summed E-state index contributed by atoms with van der Waals surface area (Å²) in [5.41, 5.74) is 7.10. The van der Waals surface area contributed by atoms with E-state index in [1.165, 1.54) is 0 Å². The predicted octanol–water partition coefficient (Wildman–Crippen LogP) is 3.26. The number of nitrogen functional groups attached to an aromatic ring is 1. The first-order valence-electron chi connectivity index (χ1n) is 7.72. The van der Waals surface area contributed by atoms with Gasteiger partial charge in [-0.3, -0.25) is 4.79 Å². The van der Waals surface area contributed by atoms with Gasteiger partial charge in [-0.15, -0.1) is 11.3 Å². The fraction of sp³-hybridized carbons (Fsp3) is 0.438. The molecule has 0 spiro atoms. The molecule has 1 aliphatic rings. The number of pyridine rings is 1. The molecule has 0 aliphatic heterocycles. The molecule has 0 unspecified atom stereocenters. The van der Waals surface area contributed by atoms with E-state index in [-0.39, 0.29) is 11.9 Å². The Morgan fingerprint density at radius 1 is 1.30 bits per heavy atom. The number of anilines is 1. The first-order chi connectivity index (χ1) is 11.1. The zero-order valence-electron chi connectivity index (χ0n) is 13.0. The number of nitrogens with zero attached hydrogens (tertiary/aromatic N) is 2. The summed E-state index contributed by atoms with van der Waals surface area (Å²) in [6.45, 7) is 2.03. The first kappa shape index (κ1) is 16.3. The molecule has 23 heavy (non-hydrogen) atoms. The quantitative estimate of drug-likeness (QED) is 0.886. The zero-order valence-corrected chi connectivity index (χ0v) is 14.6. The van der Waals surface area contributed by atoms with Gasteiger partial charge in [0.2, 0.25) is 0 Å².